The van der Waals surface area contributed by atoms with Crippen molar-refractivity contribution >= 4 is 0 Å². The van der Waals surface area contributed by atoms with E-state index >= 15 is 0 Å². The van der Waals surface area contributed by atoms with Crippen LogP contribution in [0.2, 0.25) is 0 Å². The fourth-order valence-electron chi connectivity index (χ4n) is 4.79. The molecule has 0 spiro atoms. The first-order chi connectivity index (χ1) is 14.7. The van der Waals surface area contributed by atoms with Crippen LogP contribution in [0.25, 0.3) is 0 Å². The van der Waals surface area contributed by atoms with E-state index in [0.29, 0.717) is 6.61 Å². The largest absolute Gasteiger partial charge is 0.494 e. The molecule has 0 amide bonds. The van der Waals surface area contributed by atoms with Crippen LogP contribution in [0.4, 0.5) is 0 Å². The number of aliphatic hydroxyl groups is 1. The highest BCUT2D eigenvalue weighted by Crippen LogP contribution is 2.42. The summed E-state index contributed by atoms with van der Waals surface area (Å²) in [5.41, 5.74) is 1.36. The number of likely N-dealkylation sites (tertiary alicyclic amines) is 1. The van der Waals surface area contributed by atoms with Gasteiger partial charge in [0.2, 0.25) is 0 Å². The summed E-state index contributed by atoms with van der Waals surface area (Å²) in [6.07, 6.45) is 7.95. The highest BCUT2D eigenvalue weighted by Gasteiger charge is 2.40. The molecule has 1 heterocycles. The van der Waals surface area contributed by atoms with E-state index in [1.54, 1.807) is 0 Å². The summed E-state index contributed by atoms with van der Waals surface area (Å²) in [7, 11) is 0. The van der Waals surface area contributed by atoms with Crippen molar-refractivity contribution in [3.8, 4) is 5.75 Å². The summed E-state index contributed by atoms with van der Waals surface area (Å²) in [4.78, 5) is 2.53. The normalized spacial score (nSPS) is 17.6. The molecule has 0 aromatic heterocycles. The molecule has 3 nitrogen and oxygen atoms in total. The van der Waals surface area contributed by atoms with Gasteiger partial charge in [-0.25, -0.2) is 0 Å². The molecule has 0 bridgehead atoms. The Morgan fingerprint density at radius 3 is 2.27 bits per heavy atom. The standard InChI is InChI=1S/C27H39NO2/c1-3-5-6-10-19-27(29,24-15-17-25(18-16-24)30-4-2)26(22-28-20-11-12-21-28)23-13-8-7-9-14-23/h7-9,13-18,26,29H,3-6,10-12,19-22H2,1-2H3/t26-,27+/m0/s1. The molecule has 3 heteroatoms. The van der Waals surface area contributed by atoms with Crippen molar-refractivity contribution in [3.05, 3.63) is 65.7 Å². The molecule has 3 rings (SSSR count). The quantitative estimate of drug-likeness (QED) is 0.428. The lowest BCUT2D eigenvalue weighted by Crippen LogP contribution is -2.40. The van der Waals surface area contributed by atoms with E-state index in [0.717, 1.165) is 43.8 Å². The molecule has 2 atom stereocenters. The Morgan fingerprint density at radius 1 is 0.933 bits per heavy atom. The molecule has 1 N–H and O–H groups in total. The topological polar surface area (TPSA) is 32.7 Å². The minimum absolute atomic E-state index is 0.0522. The van der Waals surface area contributed by atoms with Gasteiger partial charge in [0.05, 0.1) is 12.2 Å². The third kappa shape index (κ3) is 5.86. The van der Waals surface area contributed by atoms with Crippen LogP contribution in [0, 0.1) is 0 Å². The smallest absolute Gasteiger partial charge is 0.119 e. The number of ether oxygens (including phenoxy) is 1. The molecule has 1 saturated heterocycles. The third-order valence-corrected chi connectivity index (χ3v) is 6.49. The van der Waals surface area contributed by atoms with E-state index in [9.17, 15) is 5.11 Å². The highest BCUT2D eigenvalue weighted by molar-refractivity contribution is 5.35. The van der Waals surface area contributed by atoms with Crippen LogP contribution in [0.5, 0.6) is 5.75 Å². The maximum atomic E-state index is 12.3. The lowest BCUT2D eigenvalue weighted by Gasteiger charge is -2.39. The van der Waals surface area contributed by atoms with Crippen LogP contribution in [-0.4, -0.2) is 36.2 Å². The zero-order valence-corrected chi connectivity index (χ0v) is 18.9. The lowest BCUT2D eigenvalue weighted by atomic mass is 9.74. The van der Waals surface area contributed by atoms with E-state index < -0.39 is 5.60 Å². The summed E-state index contributed by atoms with van der Waals surface area (Å²) in [6.45, 7) is 8.07. The van der Waals surface area contributed by atoms with Crippen LogP contribution in [0.3, 0.4) is 0 Å². The number of benzene rings is 2. The first-order valence-electron chi connectivity index (χ1n) is 11.9. The predicted octanol–water partition coefficient (Wildman–Crippen LogP) is 6.12. The van der Waals surface area contributed by atoms with Gasteiger partial charge >= 0.3 is 0 Å². The number of hydrogen-bond donors (Lipinski definition) is 1. The van der Waals surface area contributed by atoms with Crippen LogP contribution < -0.4 is 4.74 Å². The van der Waals surface area contributed by atoms with E-state index in [4.69, 9.17) is 4.74 Å². The van der Waals surface area contributed by atoms with Crippen molar-refractivity contribution in [2.45, 2.75) is 70.3 Å². The van der Waals surface area contributed by atoms with Gasteiger partial charge in [0.15, 0.2) is 0 Å². The maximum absolute atomic E-state index is 12.3. The second-order valence-corrected chi connectivity index (χ2v) is 8.66. The summed E-state index contributed by atoms with van der Waals surface area (Å²) >= 11 is 0. The fraction of sp³-hybridized carbons (Fsp3) is 0.556. The second-order valence-electron chi connectivity index (χ2n) is 8.66. The summed E-state index contributed by atoms with van der Waals surface area (Å²) < 4.78 is 5.65. The van der Waals surface area contributed by atoms with Crippen molar-refractivity contribution in [2.75, 3.05) is 26.2 Å². The van der Waals surface area contributed by atoms with Gasteiger partial charge in [0.25, 0.3) is 0 Å². The monoisotopic (exact) mass is 409 g/mol. The molecule has 1 aliphatic rings. The molecule has 2 aromatic rings. The van der Waals surface area contributed by atoms with Gasteiger partial charge in [0.1, 0.15) is 5.75 Å². The van der Waals surface area contributed by atoms with Crippen molar-refractivity contribution in [3.63, 3.8) is 0 Å². The van der Waals surface area contributed by atoms with Gasteiger partial charge < -0.3 is 14.7 Å². The summed E-state index contributed by atoms with van der Waals surface area (Å²) in [5, 5.41) is 12.3. The second kappa shape index (κ2) is 11.5. The van der Waals surface area contributed by atoms with Gasteiger partial charge in [-0.05, 0) is 62.5 Å². The minimum Gasteiger partial charge on any atom is -0.494 e. The van der Waals surface area contributed by atoms with E-state index in [1.165, 1.54) is 37.7 Å². The molecule has 30 heavy (non-hydrogen) atoms. The van der Waals surface area contributed by atoms with Crippen molar-refractivity contribution < 1.29 is 9.84 Å². The Hall–Kier alpha value is -1.84. The number of nitrogens with zero attached hydrogens (tertiary/aromatic N) is 1. The summed E-state index contributed by atoms with van der Waals surface area (Å²) in [5.74, 6) is 0.918. The number of unbranched alkanes of at least 4 members (excludes halogenated alkanes) is 3. The third-order valence-electron chi connectivity index (χ3n) is 6.49. The van der Waals surface area contributed by atoms with E-state index in [-0.39, 0.29) is 5.92 Å². The first-order valence-corrected chi connectivity index (χ1v) is 11.9. The number of hydrogen-bond acceptors (Lipinski definition) is 3. The average Bonchev–Trinajstić information content (AvgIpc) is 3.30. The Morgan fingerprint density at radius 2 is 1.63 bits per heavy atom. The molecule has 1 aliphatic heterocycles. The average molecular weight is 410 g/mol. The SMILES string of the molecule is CCCCCC[C@@](O)(c1ccc(OCC)cc1)[C@@H](CN1CCCC1)c1ccccc1. The van der Waals surface area contributed by atoms with Gasteiger partial charge in [-0.3, -0.25) is 0 Å². The van der Waals surface area contributed by atoms with Crippen LogP contribution >= 0.6 is 0 Å². The molecule has 1 fully saturated rings. The lowest BCUT2D eigenvalue weighted by molar-refractivity contribution is -0.0133. The molecule has 2 aromatic carbocycles. The van der Waals surface area contributed by atoms with Gasteiger partial charge in [-0.15, -0.1) is 0 Å². The maximum Gasteiger partial charge on any atom is 0.119 e. The van der Waals surface area contributed by atoms with Crippen LogP contribution in [-0.2, 0) is 5.60 Å². The predicted molar refractivity (Wildman–Crippen MR) is 125 cm³/mol. The van der Waals surface area contributed by atoms with Crippen molar-refractivity contribution in [1.82, 2.24) is 4.90 Å². The molecule has 0 unspecified atom stereocenters. The Labute approximate surface area is 183 Å². The molecule has 164 valence electrons. The molecular weight excluding hydrogens is 370 g/mol. The molecular formula is C27H39NO2. The van der Waals surface area contributed by atoms with Crippen LogP contribution in [0.15, 0.2) is 54.6 Å². The highest BCUT2D eigenvalue weighted by atomic mass is 16.5. The Balaban J connectivity index is 1.94. The number of rotatable bonds is 12. The van der Waals surface area contributed by atoms with E-state index in [2.05, 4.69) is 54.3 Å². The Bertz CT molecular complexity index is 724. The summed E-state index contributed by atoms with van der Waals surface area (Å²) in [6, 6.07) is 18.8. The van der Waals surface area contributed by atoms with Gasteiger partial charge in [-0.1, -0.05) is 75.1 Å². The first kappa shape index (κ1) is 22.8. The molecule has 0 saturated carbocycles. The zero-order chi connectivity index (χ0) is 21.2. The van der Waals surface area contributed by atoms with E-state index in [1.807, 2.05) is 19.1 Å². The fourth-order valence-corrected chi connectivity index (χ4v) is 4.79. The van der Waals surface area contributed by atoms with Crippen molar-refractivity contribution in [1.29, 1.82) is 0 Å². The van der Waals surface area contributed by atoms with Crippen molar-refractivity contribution in [2.24, 2.45) is 0 Å². The minimum atomic E-state index is -0.886. The molecule has 0 aliphatic carbocycles. The van der Waals surface area contributed by atoms with Gasteiger partial charge in [0, 0.05) is 12.5 Å². The molecule has 0 radical (unpaired) electrons. The Kier molecular flexibility index (Phi) is 8.77. The zero-order valence-electron chi connectivity index (χ0n) is 18.9. The van der Waals surface area contributed by atoms with Crippen LogP contribution in [0.1, 0.15) is 75.8 Å². The van der Waals surface area contributed by atoms with Gasteiger partial charge in [-0.2, -0.15) is 0 Å².